The van der Waals surface area contributed by atoms with E-state index < -0.39 is 18.1 Å². The fourth-order valence-electron chi connectivity index (χ4n) is 1.39. The summed E-state index contributed by atoms with van der Waals surface area (Å²) < 4.78 is 17.5. The van der Waals surface area contributed by atoms with E-state index in [-0.39, 0.29) is 17.6 Å². The first-order chi connectivity index (χ1) is 7.91. The maximum absolute atomic E-state index is 12.4. The summed E-state index contributed by atoms with van der Waals surface area (Å²) in [7, 11) is -3.46. The lowest BCUT2D eigenvalue weighted by atomic mass is 10.3. The topological polar surface area (TPSA) is 89.7 Å². The molecule has 0 aromatic heterocycles. The fourth-order valence-corrected chi connectivity index (χ4v) is 3.18. The summed E-state index contributed by atoms with van der Waals surface area (Å²) in [4.78, 5) is 10.0. The van der Waals surface area contributed by atoms with Crippen LogP contribution in [0.25, 0.3) is 0 Å². The second-order valence-electron chi connectivity index (χ2n) is 3.42. The van der Waals surface area contributed by atoms with Crippen LogP contribution in [-0.4, -0.2) is 22.5 Å². The van der Waals surface area contributed by atoms with Gasteiger partial charge in [-0.25, -0.2) is 0 Å². The first-order valence-electron chi connectivity index (χ1n) is 5.09. The lowest BCUT2D eigenvalue weighted by molar-refractivity contribution is -0.384. The zero-order chi connectivity index (χ0) is 13.1. The predicted molar refractivity (Wildman–Crippen MR) is 63.6 cm³/mol. The van der Waals surface area contributed by atoms with Crippen molar-refractivity contribution in [3.63, 3.8) is 0 Å². The molecule has 0 spiro atoms. The summed E-state index contributed by atoms with van der Waals surface area (Å²) >= 11 is 0. The van der Waals surface area contributed by atoms with E-state index in [0.29, 0.717) is 0 Å². The van der Waals surface area contributed by atoms with Crippen molar-refractivity contribution in [2.24, 2.45) is 0 Å². The van der Waals surface area contributed by atoms with Crippen LogP contribution < -0.4 is 5.30 Å². The Labute approximate surface area is 98.8 Å². The van der Waals surface area contributed by atoms with E-state index >= 15 is 0 Å². The highest BCUT2D eigenvalue weighted by Crippen LogP contribution is 2.49. The molecule has 0 saturated carbocycles. The van der Waals surface area contributed by atoms with Crippen LogP contribution in [0, 0.1) is 10.1 Å². The summed E-state index contributed by atoms with van der Waals surface area (Å²) in [5.41, 5.74) is -0.178. The Balaban J connectivity index is 3.24. The van der Waals surface area contributed by atoms with Crippen LogP contribution in [0.4, 0.5) is 5.69 Å². The second kappa shape index (κ2) is 5.40. The van der Waals surface area contributed by atoms with Crippen molar-refractivity contribution in [3.8, 4) is 0 Å². The number of rotatable bonds is 5. The normalized spacial score (nSPS) is 16.2. The van der Waals surface area contributed by atoms with Gasteiger partial charge >= 0.3 is 0 Å². The van der Waals surface area contributed by atoms with E-state index in [4.69, 9.17) is 4.52 Å². The maximum atomic E-state index is 12.4. The van der Waals surface area contributed by atoms with Crippen molar-refractivity contribution in [3.05, 3.63) is 34.4 Å². The van der Waals surface area contributed by atoms with Crippen molar-refractivity contribution in [1.82, 2.24) is 0 Å². The summed E-state index contributed by atoms with van der Waals surface area (Å²) in [5, 5.41) is 20.3. The van der Waals surface area contributed by atoms with Crippen molar-refractivity contribution in [2.45, 2.75) is 19.7 Å². The number of aliphatic hydroxyl groups excluding tert-OH is 1. The number of benzene rings is 1. The van der Waals surface area contributed by atoms with Crippen LogP contribution in [0.2, 0.25) is 0 Å². The van der Waals surface area contributed by atoms with E-state index in [0.717, 1.165) is 0 Å². The highest BCUT2D eigenvalue weighted by Gasteiger charge is 2.32. The maximum Gasteiger partial charge on any atom is 0.270 e. The molecule has 6 nitrogen and oxygen atoms in total. The number of nitrogens with zero attached hydrogens (tertiary/aromatic N) is 1. The lowest BCUT2D eigenvalue weighted by Crippen LogP contribution is -2.17. The van der Waals surface area contributed by atoms with Gasteiger partial charge in [0.25, 0.3) is 13.1 Å². The Bertz CT molecular complexity index is 460. The van der Waals surface area contributed by atoms with Gasteiger partial charge in [-0.15, -0.1) is 0 Å². The van der Waals surface area contributed by atoms with E-state index in [1.165, 1.54) is 31.2 Å². The van der Waals surface area contributed by atoms with Crippen molar-refractivity contribution >= 4 is 18.4 Å². The lowest BCUT2D eigenvalue weighted by Gasteiger charge is -2.20. The molecule has 2 atom stereocenters. The first-order valence-corrected chi connectivity index (χ1v) is 6.78. The Morgan fingerprint density at radius 3 is 2.71 bits per heavy atom. The van der Waals surface area contributed by atoms with Gasteiger partial charge in [-0.05, 0) is 19.9 Å². The average Bonchev–Trinajstić information content (AvgIpc) is 2.29. The van der Waals surface area contributed by atoms with Gasteiger partial charge in [0.15, 0.2) is 0 Å². The Hall–Kier alpha value is -1.23. The van der Waals surface area contributed by atoms with Crippen molar-refractivity contribution in [1.29, 1.82) is 0 Å². The summed E-state index contributed by atoms with van der Waals surface area (Å²) in [6.45, 7) is 3.15. The molecule has 2 unspecified atom stereocenters. The molecule has 1 aromatic carbocycles. The zero-order valence-corrected chi connectivity index (χ0v) is 10.5. The van der Waals surface area contributed by atoms with Crippen molar-refractivity contribution < 1.29 is 19.1 Å². The molecule has 0 bridgehead atoms. The minimum atomic E-state index is -3.46. The zero-order valence-electron chi connectivity index (χ0n) is 9.57. The number of hydrogen-bond acceptors (Lipinski definition) is 5. The van der Waals surface area contributed by atoms with Crippen LogP contribution in [0.3, 0.4) is 0 Å². The molecule has 1 rings (SSSR count). The van der Waals surface area contributed by atoms with Crippen LogP contribution in [0.1, 0.15) is 13.8 Å². The molecule has 0 fully saturated rings. The molecule has 0 aliphatic heterocycles. The molecule has 0 radical (unpaired) electrons. The van der Waals surface area contributed by atoms with Gasteiger partial charge in [0.05, 0.1) is 11.5 Å². The van der Waals surface area contributed by atoms with Gasteiger partial charge in [0.1, 0.15) is 5.85 Å². The molecule has 17 heavy (non-hydrogen) atoms. The highest BCUT2D eigenvalue weighted by atomic mass is 31.2. The molecule has 1 N–H and O–H groups in total. The molecule has 0 amide bonds. The van der Waals surface area contributed by atoms with E-state index in [9.17, 15) is 19.8 Å². The second-order valence-corrected chi connectivity index (χ2v) is 6.14. The minimum Gasteiger partial charge on any atom is -0.383 e. The van der Waals surface area contributed by atoms with Crippen LogP contribution in [0.15, 0.2) is 24.3 Å². The summed E-state index contributed by atoms with van der Waals surface area (Å²) in [6.07, 6.45) is 0. The summed E-state index contributed by atoms with van der Waals surface area (Å²) in [5.74, 6) is -1.20. The van der Waals surface area contributed by atoms with Crippen molar-refractivity contribution in [2.75, 3.05) is 6.61 Å². The molecule has 0 aliphatic rings. The van der Waals surface area contributed by atoms with Crippen LogP contribution in [-0.2, 0) is 9.09 Å². The predicted octanol–water partition coefficient (Wildman–Crippen LogP) is 1.87. The standard InChI is InChI=1S/C10H14NO5P/c1-3-16-17(15,8(2)12)10-6-4-5-9(7-10)11(13)14/h4-8,12H,3H2,1-2H3. The Morgan fingerprint density at radius 2 is 2.24 bits per heavy atom. The average molecular weight is 259 g/mol. The number of hydrogen-bond donors (Lipinski definition) is 1. The Morgan fingerprint density at radius 1 is 1.59 bits per heavy atom. The van der Waals surface area contributed by atoms with Crippen LogP contribution >= 0.6 is 7.37 Å². The van der Waals surface area contributed by atoms with E-state index in [1.807, 2.05) is 0 Å². The number of aliphatic hydroxyl groups is 1. The third-order valence-electron chi connectivity index (χ3n) is 2.21. The van der Waals surface area contributed by atoms with E-state index in [2.05, 4.69) is 0 Å². The number of nitro groups is 1. The molecule has 1 aromatic rings. The van der Waals surface area contributed by atoms with Gasteiger partial charge in [0, 0.05) is 17.4 Å². The molecule has 0 saturated heterocycles. The number of non-ortho nitro benzene ring substituents is 1. The molecule has 0 aliphatic carbocycles. The minimum absolute atomic E-state index is 0.156. The largest absolute Gasteiger partial charge is 0.383 e. The van der Waals surface area contributed by atoms with Gasteiger partial charge in [-0.1, -0.05) is 6.07 Å². The summed E-state index contributed by atoms with van der Waals surface area (Å²) in [6, 6.07) is 5.34. The SMILES string of the molecule is CCOP(=O)(c1cccc([N+](=O)[O-])c1)C(C)O. The third kappa shape index (κ3) is 2.91. The molecule has 0 heterocycles. The highest BCUT2D eigenvalue weighted by molar-refractivity contribution is 7.67. The molecular weight excluding hydrogens is 245 g/mol. The molecule has 7 heteroatoms. The number of nitro benzene ring substituents is 1. The van der Waals surface area contributed by atoms with E-state index in [1.54, 1.807) is 6.92 Å². The van der Waals surface area contributed by atoms with Gasteiger partial charge < -0.3 is 9.63 Å². The Kier molecular flexibility index (Phi) is 4.40. The van der Waals surface area contributed by atoms with Crippen LogP contribution in [0.5, 0.6) is 0 Å². The molecule has 94 valence electrons. The van der Waals surface area contributed by atoms with Gasteiger partial charge in [-0.3, -0.25) is 14.7 Å². The monoisotopic (exact) mass is 259 g/mol. The first kappa shape index (κ1) is 13.8. The third-order valence-corrected chi connectivity index (χ3v) is 4.84. The van der Waals surface area contributed by atoms with Gasteiger partial charge in [-0.2, -0.15) is 0 Å². The smallest absolute Gasteiger partial charge is 0.270 e. The fraction of sp³-hybridized carbons (Fsp3) is 0.400. The quantitative estimate of drug-likeness (QED) is 0.495. The van der Waals surface area contributed by atoms with Gasteiger partial charge in [0.2, 0.25) is 0 Å². The molecular formula is C10H14NO5P.